The SMILES string of the molecule is Cc1[nH]n(-c2ccc(Cl)cc2)c(=O)c1/C=N/N1C(=O)c2cccc3c(N(C)CCO)ccc(c23)C1=O. The second kappa shape index (κ2) is 9.10. The number of aliphatic hydroxyl groups is 1. The lowest BCUT2D eigenvalue weighted by atomic mass is 9.93. The smallest absolute Gasteiger partial charge is 0.282 e. The number of aliphatic hydroxyl groups excluding tert-OH is 1. The fraction of sp³-hybridized carbons (Fsp3) is 0.154. The van der Waals surface area contributed by atoms with Gasteiger partial charge in [-0.2, -0.15) is 10.1 Å². The summed E-state index contributed by atoms with van der Waals surface area (Å²) in [5.41, 5.74) is 2.42. The van der Waals surface area contributed by atoms with Crippen molar-refractivity contribution < 1.29 is 14.7 Å². The van der Waals surface area contributed by atoms with Crippen LogP contribution >= 0.6 is 11.6 Å². The number of aryl methyl sites for hydroxylation is 1. The fourth-order valence-corrected chi connectivity index (χ4v) is 4.50. The Morgan fingerprint density at radius 3 is 2.42 bits per heavy atom. The number of imide groups is 1. The van der Waals surface area contributed by atoms with Gasteiger partial charge in [0.25, 0.3) is 17.4 Å². The summed E-state index contributed by atoms with van der Waals surface area (Å²) in [7, 11) is 1.83. The molecule has 0 fully saturated rings. The molecule has 0 saturated carbocycles. The van der Waals surface area contributed by atoms with Gasteiger partial charge in [0, 0.05) is 40.8 Å². The normalized spacial score (nSPS) is 13.3. The quantitative estimate of drug-likeness (QED) is 0.310. The molecule has 0 atom stereocenters. The van der Waals surface area contributed by atoms with Crippen LogP contribution in [0.5, 0.6) is 0 Å². The number of anilines is 1. The Morgan fingerprint density at radius 1 is 1.03 bits per heavy atom. The van der Waals surface area contributed by atoms with Gasteiger partial charge in [-0.15, -0.1) is 0 Å². The zero-order valence-electron chi connectivity index (χ0n) is 19.5. The summed E-state index contributed by atoms with van der Waals surface area (Å²) in [4.78, 5) is 41.5. The average molecular weight is 504 g/mol. The molecule has 0 bridgehead atoms. The van der Waals surface area contributed by atoms with Crippen molar-refractivity contribution in [2.45, 2.75) is 6.92 Å². The molecule has 2 heterocycles. The highest BCUT2D eigenvalue weighted by molar-refractivity contribution is 6.30. The van der Waals surface area contributed by atoms with Gasteiger partial charge in [-0.3, -0.25) is 19.5 Å². The number of rotatable bonds is 6. The van der Waals surface area contributed by atoms with Crippen molar-refractivity contribution in [1.82, 2.24) is 14.8 Å². The van der Waals surface area contributed by atoms with Crippen LogP contribution in [0.3, 0.4) is 0 Å². The fourth-order valence-electron chi connectivity index (χ4n) is 4.38. The molecule has 182 valence electrons. The number of likely N-dealkylation sites (N-methyl/N-ethyl adjacent to an activating group) is 1. The molecule has 0 radical (unpaired) electrons. The lowest BCUT2D eigenvalue weighted by Gasteiger charge is -2.26. The molecule has 4 aromatic rings. The van der Waals surface area contributed by atoms with Crippen LogP contribution in [0.25, 0.3) is 16.5 Å². The lowest BCUT2D eigenvalue weighted by Crippen LogP contribution is -2.36. The average Bonchev–Trinajstić information content (AvgIpc) is 3.15. The van der Waals surface area contributed by atoms with Gasteiger partial charge < -0.3 is 10.0 Å². The van der Waals surface area contributed by atoms with Gasteiger partial charge >= 0.3 is 0 Å². The second-order valence-electron chi connectivity index (χ2n) is 8.44. The Labute approximate surface area is 210 Å². The van der Waals surface area contributed by atoms with Crippen LogP contribution in [0, 0.1) is 6.92 Å². The number of halogens is 1. The number of amides is 2. The van der Waals surface area contributed by atoms with Gasteiger partial charge in [-0.25, -0.2) is 4.68 Å². The highest BCUT2D eigenvalue weighted by atomic mass is 35.5. The van der Waals surface area contributed by atoms with Crippen molar-refractivity contribution in [2.75, 3.05) is 25.1 Å². The Kier molecular flexibility index (Phi) is 5.95. The largest absolute Gasteiger partial charge is 0.395 e. The molecule has 0 saturated heterocycles. The number of aromatic amines is 1. The van der Waals surface area contributed by atoms with E-state index >= 15 is 0 Å². The van der Waals surface area contributed by atoms with Crippen LogP contribution in [0.4, 0.5) is 5.69 Å². The Bertz CT molecular complexity index is 1580. The molecule has 36 heavy (non-hydrogen) atoms. The van der Waals surface area contributed by atoms with Crippen LogP contribution in [0.1, 0.15) is 32.0 Å². The van der Waals surface area contributed by atoms with Crippen molar-refractivity contribution >= 4 is 46.1 Å². The number of benzene rings is 3. The Morgan fingerprint density at radius 2 is 1.72 bits per heavy atom. The van der Waals surface area contributed by atoms with E-state index in [1.54, 1.807) is 55.5 Å². The van der Waals surface area contributed by atoms with E-state index in [-0.39, 0.29) is 17.7 Å². The second-order valence-corrected chi connectivity index (χ2v) is 8.88. The minimum Gasteiger partial charge on any atom is -0.395 e. The maximum atomic E-state index is 13.3. The third-order valence-electron chi connectivity index (χ3n) is 6.21. The number of aromatic nitrogens is 2. The van der Waals surface area contributed by atoms with Crippen LogP contribution in [-0.4, -0.2) is 58.1 Å². The van der Waals surface area contributed by atoms with Crippen molar-refractivity contribution in [1.29, 1.82) is 0 Å². The predicted octanol–water partition coefficient (Wildman–Crippen LogP) is 3.34. The summed E-state index contributed by atoms with van der Waals surface area (Å²) in [5, 5.41) is 19.0. The number of nitrogens with one attached hydrogen (secondary N) is 1. The number of hydrazone groups is 1. The minimum atomic E-state index is -0.581. The lowest BCUT2D eigenvalue weighted by molar-refractivity contribution is 0.0616. The molecule has 2 N–H and O–H groups in total. The van der Waals surface area contributed by atoms with E-state index in [0.717, 1.165) is 16.1 Å². The van der Waals surface area contributed by atoms with Gasteiger partial charge in [0.2, 0.25) is 0 Å². The first-order chi connectivity index (χ1) is 17.3. The summed E-state index contributed by atoms with van der Waals surface area (Å²) in [6.07, 6.45) is 1.23. The zero-order chi connectivity index (χ0) is 25.6. The number of H-pyrrole nitrogens is 1. The molecule has 1 aliphatic heterocycles. The summed E-state index contributed by atoms with van der Waals surface area (Å²) >= 11 is 5.94. The maximum Gasteiger partial charge on any atom is 0.282 e. The van der Waals surface area contributed by atoms with E-state index in [1.165, 1.54) is 10.9 Å². The standard InChI is InChI=1S/C26H22ClN5O4/c1-15-21(26(36)31(29-15)17-8-6-16(27)7-9-17)14-28-32-24(34)19-5-3-4-18-22(30(2)12-13-33)11-10-20(23(18)19)25(32)35/h3-11,14,29,33H,12-13H2,1-2H3/b28-14+. The summed E-state index contributed by atoms with van der Waals surface area (Å²) < 4.78 is 1.34. The molecule has 0 spiro atoms. The molecule has 0 unspecified atom stereocenters. The predicted molar refractivity (Wildman–Crippen MR) is 139 cm³/mol. The summed E-state index contributed by atoms with van der Waals surface area (Å²) in [6.45, 7) is 2.08. The van der Waals surface area contributed by atoms with Crippen LogP contribution in [0.15, 0.2) is 64.5 Å². The van der Waals surface area contributed by atoms with Crippen molar-refractivity contribution in [3.8, 4) is 5.69 Å². The zero-order valence-corrected chi connectivity index (χ0v) is 20.3. The molecular weight excluding hydrogens is 482 g/mol. The summed E-state index contributed by atoms with van der Waals surface area (Å²) in [5.74, 6) is -1.16. The molecule has 9 nitrogen and oxygen atoms in total. The molecule has 10 heteroatoms. The third kappa shape index (κ3) is 3.78. The van der Waals surface area contributed by atoms with Crippen LogP contribution in [0.2, 0.25) is 5.02 Å². The first-order valence-corrected chi connectivity index (χ1v) is 11.6. The van der Waals surface area contributed by atoms with E-state index in [4.69, 9.17) is 11.6 Å². The van der Waals surface area contributed by atoms with E-state index in [9.17, 15) is 19.5 Å². The van der Waals surface area contributed by atoms with Gasteiger partial charge in [0.15, 0.2) is 0 Å². The van der Waals surface area contributed by atoms with Gasteiger partial charge in [0.05, 0.1) is 35.2 Å². The minimum absolute atomic E-state index is 0.0297. The van der Waals surface area contributed by atoms with Gasteiger partial charge in [-0.05, 0) is 49.4 Å². The maximum absolute atomic E-state index is 13.3. The van der Waals surface area contributed by atoms with E-state index in [1.807, 2.05) is 18.0 Å². The number of carbonyl (C=O) groups is 2. The highest BCUT2D eigenvalue weighted by Gasteiger charge is 2.33. The van der Waals surface area contributed by atoms with Gasteiger partial charge in [-0.1, -0.05) is 23.7 Å². The van der Waals surface area contributed by atoms with E-state index in [0.29, 0.717) is 39.5 Å². The van der Waals surface area contributed by atoms with E-state index in [2.05, 4.69) is 10.2 Å². The number of hydrogen-bond acceptors (Lipinski definition) is 6. The number of hydrogen-bond donors (Lipinski definition) is 2. The number of carbonyl (C=O) groups excluding carboxylic acids is 2. The molecule has 0 aliphatic carbocycles. The first kappa shape index (κ1) is 23.5. The molecule has 3 aromatic carbocycles. The molecule has 1 aliphatic rings. The Hall–Kier alpha value is -4.21. The first-order valence-electron chi connectivity index (χ1n) is 11.2. The van der Waals surface area contributed by atoms with Crippen molar-refractivity contribution in [2.24, 2.45) is 5.10 Å². The van der Waals surface area contributed by atoms with Gasteiger partial charge in [0.1, 0.15) is 0 Å². The monoisotopic (exact) mass is 503 g/mol. The molecule has 2 amide bonds. The van der Waals surface area contributed by atoms with E-state index < -0.39 is 11.8 Å². The Balaban J connectivity index is 1.53. The molecule has 1 aromatic heterocycles. The van der Waals surface area contributed by atoms with Crippen molar-refractivity contribution in [3.63, 3.8) is 0 Å². The van der Waals surface area contributed by atoms with Crippen molar-refractivity contribution in [3.05, 3.63) is 92.4 Å². The topological polar surface area (TPSA) is 111 Å². The highest BCUT2D eigenvalue weighted by Crippen LogP contribution is 2.35. The molecule has 5 rings (SSSR count). The van der Waals surface area contributed by atoms with Crippen LogP contribution in [-0.2, 0) is 0 Å². The van der Waals surface area contributed by atoms with Crippen LogP contribution < -0.4 is 10.5 Å². The number of nitrogens with zero attached hydrogens (tertiary/aromatic N) is 4. The third-order valence-corrected chi connectivity index (χ3v) is 6.47. The molecular formula is C26H22ClN5O4. The summed E-state index contributed by atoms with van der Waals surface area (Å²) in [6, 6.07) is 15.4.